The van der Waals surface area contributed by atoms with E-state index in [0.29, 0.717) is 5.56 Å². The molecular formula is C25H21N3O3. The SMILES string of the molecule is Cc1cccc(-c2nc(O)c(O)c(C(=O)NCc3cccc(-c4ccccc4)c3)n2)c1. The molecule has 3 aromatic carbocycles. The van der Waals surface area contributed by atoms with E-state index in [9.17, 15) is 15.0 Å². The quantitative estimate of drug-likeness (QED) is 0.451. The minimum Gasteiger partial charge on any atom is -0.501 e. The van der Waals surface area contributed by atoms with Crippen molar-refractivity contribution in [1.29, 1.82) is 0 Å². The zero-order valence-electron chi connectivity index (χ0n) is 16.9. The first-order chi connectivity index (χ1) is 15.0. The number of carbonyl (C=O) groups excluding carboxylic acids is 1. The van der Waals surface area contributed by atoms with Crippen molar-refractivity contribution in [2.75, 3.05) is 0 Å². The number of nitrogens with zero attached hydrogens (tertiary/aromatic N) is 2. The van der Waals surface area contributed by atoms with E-state index in [0.717, 1.165) is 22.3 Å². The van der Waals surface area contributed by atoms with E-state index in [-0.39, 0.29) is 18.1 Å². The Labute approximate surface area is 179 Å². The third-order valence-electron chi connectivity index (χ3n) is 4.84. The summed E-state index contributed by atoms with van der Waals surface area (Å²) in [5, 5.41) is 22.9. The molecule has 0 spiro atoms. The molecule has 0 aliphatic rings. The van der Waals surface area contributed by atoms with Crippen LogP contribution in [0.3, 0.4) is 0 Å². The lowest BCUT2D eigenvalue weighted by Gasteiger charge is -2.10. The Bertz CT molecular complexity index is 1240. The van der Waals surface area contributed by atoms with E-state index in [1.165, 1.54) is 0 Å². The smallest absolute Gasteiger partial charge is 0.274 e. The molecule has 1 heterocycles. The molecule has 4 rings (SSSR count). The number of hydrogen-bond donors (Lipinski definition) is 3. The largest absolute Gasteiger partial charge is 0.501 e. The predicted octanol–water partition coefficient (Wildman–Crippen LogP) is 4.46. The van der Waals surface area contributed by atoms with E-state index in [1.54, 1.807) is 6.07 Å². The molecule has 0 saturated heterocycles. The van der Waals surface area contributed by atoms with Crippen LogP contribution in [-0.4, -0.2) is 26.1 Å². The minimum absolute atomic E-state index is 0.162. The van der Waals surface area contributed by atoms with Crippen LogP contribution in [0.1, 0.15) is 21.6 Å². The van der Waals surface area contributed by atoms with Crippen LogP contribution in [0.4, 0.5) is 0 Å². The Hall–Kier alpha value is -4.19. The third-order valence-corrected chi connectivity index (χ3v) is 4.84. The van der Waals surface area contributed by atoms with Crippen LogP contribution in [0, 0.1) is 6.92 Å². The van der Waals surface area contributed by atoms with E-state index in [4.69, 9.17) is 0 Å². The zero-order valence-corrected chi connectivity index (χ0v) is 16.9. The highest BCUT2D eigenvalue weighted by Gasteiger charge is 2.20. The summed E-state index contributed by atoms with van der Waals surface area (Å²) >= 11 is 0. The average Bonchev–Trinajstić information content (AvgIpc) is 2.80. The highest BCUT2D eigenvalue weighted by atomic mass is 16.3. The van der Waals surface area contributed by atoms with Crippen LogP contribution < -0.4 is 5.32 Å². The van der Waals surface area contributed by atoms with Gasteiger partial charge in [-0.05, 0) is 35.7 Å². The lowest BCUT2D eigenvalue weighted by Crippen LogP contribution is -2.24. The molecule has 0 atom stereocenters. The van der Waals surface area contributed by atoms with Crippen molar-refractivity contribution in [1.82, 2.24) is 15.3 Å². The zero-order chi connectivity index (χ0) is 21.8. The van der Waals surface area contributed by atoms with Gasteiger partial charge in [-0.2, -0.15) is 4.98 Å². The summed E-state index contributed by atoms with van der Waals surface area (Å²) in [6.45, 7) is 2.16. The van der Waals surface area contributed by atoms with Crippen molar-refractivity contribution >= 4 is 5.91 Å². The molecule has 31 heavy (non-hydrogen) atoms. The fraction of sp³-hybridized carbons (Fsp3) is 0.0800. The second-order valence-corrected chi connectivity index (χ2v) is 7.19. The maximum absolute atomic E-state index is 12.7. The standard InChI is InChI=1S/C25H21N3O3/c1-16-7-5-12-20(13-16)23-27-21(22(29)25(31)28-23)24(30)26-15-17-8-6-11-19(14-17)18-9-3-2-4-10-18/h2-14,29H,15H2,1H3,(H,26,30)(H,27,28,31). The molecule has 6 heteroatoms. The third kappa shape index (κ3) is 4.53. The molecule has 1 amide bonds. The van der Waals surface area contributed by atoms with E-state index >= 15 is 0 Å². The number of hydrogen-bond acceptors (Lipinski definition) is 5. The van der Waals surface area contributed by atoms with Gasteiger partial charge < -0.3 is 15.5 Å². The molecule has 1 aromatic heterocycles. The second kappa shape index (κ2) is 8.67. The van der Waals surface area contributed by atoms with E-state index < -0.39 is 17.5 Å². The van der Waals surface area contributed by atoms with Crippen LogP contribution in [0.2, 0.25) is 0 Å². The first-order valence-electron chi connectivity index (χ1n) is 9.81. The number of nitrogens with one attached hydrogen (secondary N) is 1. The van der Waals surface area contributed by atoms with Crippen molar-refractivity contribution in [3.8, 4) is 34.1 Å². The van der Waals surface area contributed by atoms with Crippen molar-refractivity contribution in [3.05, 3.63) is 95.7 Å². The summed E-state index contributed by atoms with van der Waals surface area (Å²) in [6, 6.07) is 25.1. The van der Waals surface area contributed by atoms with Crippen LogP contribution in [0.5, 0.6) is 11.6 Å². The number of aryl methyl sites for hydroxylation is 1. The van der Waals surface area contributed by atoms with Crippen LogP contribution in [-0.2, 0) is 6.54 Å². The van der Waals surface area contributed by atoms with E-state index in [2.05, 4.69) is 15.3 Å². The topological polar surface area (TPSA) is 95.3 Å². The molecule has 0 unspecified atom stereocenters. The summed E-state index contributed by atoms with van der Waals surface area (Å²) in [5.41, 5.74) is 4.36. The maximum atomic E-state index is 12.7. The molecule has 3 N–H and O–H groups in total. The monoisotopic (exact) mass is 411 g/mol. The van der Waals surface area contributed by atoms with Gasteiger partial charge in [-0.25, -0.2) is 4.98 Å². The summed E-state index contributed by atoms with van der Waals surface area (Å²) in [7, 11) is 0. The Morgan fingerprint density at radius 2 is 1.55 bits per heavy atom. The summed E-state index contributed by atoms with van der Waals surface area (Å²) in [6.07, 6.45) is 0. The first kappa shape index (κ1) is 20.1. The Morgan fingerprint density at radius 1 is 0.839 bits per heavy atom. The van der Waals surface area contributed by atoms with Gasteiger partial charge in [0.25, 0.3) is 11.8 Å². The molecule has 0 bridgehead atoms. The lowest BCUT2D eigenvalue weighted by atomic mass is 10.0. The fourth-order valence-corrected chi connectivity index (χ4v) is 3.27. The van der Waals surface area contributed by atoms with Crippen LogP contribution in [0.15, 0.2) is 78.9 Å². The van der Waals surface area contributed by atoms with E-state index in [1.807, 2.05) is 79.7 Å². The van der Waals surface area contributed by atoms with Gasteiger partial charge in [-0.3, -0.25) is 4.79 Å². The number of benzene rings is 3. The van der Waals surface area contributed by atoms with Gasteiger partial charge in [0, 0.05) is 12.1 Å². The first-order valence-corrected chi connectivity index (χ1v) is 9.81. The summed E-state index contributed by atoms with van der Waals surface area (Å²) in [5.74, 6) is -1.72. The number of amides is 1. The molecule has 6 nitrogen and oxygen atoms in total. The molecule has 0 aliphatic carbocycles. The van der Waals surface area contributed by atoms with Gasteiger partial charge in [-0.1, -0.05) is 72.3 Å². The van der Waals surface area contributed by atoms with Crippen molar-refractivity contribution in [2.45, 2.75) is 13.5 Å². The second-order valence-electron chi connectivity index (χ2n) is 7.19. The van der Waals surface area contributed by atoms with Gasteiger partial charge in [0.15, 0.2) is 11.5 Å². The maximum Gasteiger partial charge on any atom is 0.274 e. The molecule has 0 aliphatic heterocycles. The summed E-state index contributed by atoms with van der Waals surface area (Å²) < 4.78 is 0. The van der Waals surface area contributed by atoms with Crippen LogP contribution >= 0.6 is 0 Å². The number of rotatable bonds is 5. The number of aromatic hydroxyl groups is 2. The molecule has 0 radical (unpaired) electrons. The highest BCUT2D eigenvalue weighted by Crippen LogP contribution is 2.29. The predicted molar refractivity (Wildman–Crippen MR) is 119 cm³/mol. The van der Waals surface area contributed by atoms with Gasteiger partial charge in [-0.15, -0.1) is 0 Å². The highest BCUT2D eigenvalue weighted by molar-refractivity contribution is 5.95. The van der Waals surface area contributed by atoms with Crippen molar-refractivity contribution in [3.63, 3.8) is 0 Å². The lowest BCUT2D eigenvalue weighted by molar-refractivity contribution is 0.0942. The van der Waals surface area contributed by atoms with Crippen LogP contribution in [0.25, 0.3) is 22.5 Å². The normalized spacial score (nSPS) is 10.6. The van der Waals surface area contributed by atoms with Crippen molar-refractivity contribution < 1.29 is 15.0 Å². The fourth-order valence-electron chi connectivity index (χ4n) is 3.27. The van der Waals surface area contributed by atoms with Gasteiger partial charge >= 0.3 is 0 Å². The van der Waals surface area contributed by atoms with Gasteiger partial charge in [0.05, 0.1) is 0 Å². The molecular weight excluding hydrogens is 390 g/mol. The van der Waals surface area contributed by atoms with Gasteiger partial charge in [0.2, 0.25) is 5.75 Å². The molecule has 4 aromatic rings. The Morgan fingerprint density at radius 3 is 2.32 bits per heavy atom. The average molecular weight is 411 g/mol. The molecule has 0 fully saturated rings. The van der Waals surface area contributed by atoms with Crippen molar-refractivity contribution in [2.24, 2.45) is 0 Å². The van der Waals surface area contributed by atoms with Gasteiger partial charge in [0.1, 0.15) is 0 Å². The Kier molecular flexibility index (Phi) is 5.62. The molecule has 0 saturated carbocycles. The minimum atomic E-state index is -0.646. The number of carbonyl (C=O) groups is 1. The summed E-state index contributed by atoms with van der Waals surface area (Å²) in [4.78, 5) is 20.8. The number of aromatic nitrogens is 2. The molecule has 154 valence electrons. The Balaban J connectivity index is 1.55.